The van der Waals surface area contributed by atoms with Crippen LogP contribution in [-0.2, 0) is 4.74 Å². The van der Waals surface area contributed by atoms with E-state index in [9.17, 15) is 4.79 Å². The van der Waals surface area contributed by atoms with Gasteiger partial charge in [0.15, 0.2) is 0 Å². The molecule has 0 spiro atoms. The predicted molar refractivity (Wildman–Crippen MR) is 69.4 cm³/mol. The average molecular weight is 252 g/mol. The van der Waals surface area contributed by atoms with E-state index in [4.69, 9.17) is 4.74 Å². The summed E-state index contributed by atoms with van der Waals surface area (Å²) in [7, 11) is 0. The van der Waals surface area contributed by atoms with Crippen LogP contribution in [0, 0.1) is 0 Å². The first-order chi connectivity index (χ1) is 8.28. The zero-order valence-electron chi connectivity index (χ0n) is 9.73. The SMILES string of the molecule is CSc1cccc(NC(=O)NC2CCCO2)c1. The van der Waals surface area contributed by atoms with Crippen LogP contribution in [0.2, 0.25) is 0 Å². The predicted octanol–water partition coefficient (Wildman–Crippen LogP) is 2.67. The van der Waals surface area contributed by atoms with Crippen LogP contribution < -0.4 is 10.6 Å². The number of hydrogen-bond acceptors (Lipinski definition) is 3. The van der Waals surface area contributed by atoms with Gasteiger partial charge < -0.3 is 15.4 Å². The van der Waals surface area contributed by atoms with Gasteiger partial charge >= 0.3 is 6.03 Å². The van der Waals surface area contributed by atoms with Gasteiger partial charge in [0.05, 0.1) is 0 Å². The molecule has 0 aliphatic carbocycles. The first-order valence-corrected chi connectivity index (χ1v) is 6.83. The minimum atomic E-state index is -0.213. The van der Waals surface area contributed by atoms with Gasteiger partial charge in [-0.05, 0) is 37.3 Å². The van der Waals surface area contributed by atoms with Crippen LogP contribution in [0.1, 0.15) is 12.8 Å². The molecular formula is C12H16N2O2S. The minimum absolute atomic E-state index is 0.140. The zero-order chi connectivity index (χ0) is 12.1. The maximum absolute atomic E-state index is 11.7. The molecule has 5 heteroatoms. The molecule has 1 saturated heterocycles. The van der Waals surface area contributed by atoms with Crippen LogP contribution in [0.25, 0.3) is 0 Å². The molecule has 1 aromatic rings. The summed E-state index contributed by atoms with van der Waals surface area (Å²) in [6.45, 7) is 0.729. The number of hydrogen-bond donors (Lipinski definition) is 2. The molecule has 1 fully saturated rings. The normalized spacial score (nSPS) is 19.0. The molecule has 1 aliphatic rings. The number of carbonyl (C=O) groups is 1. The molecule has 1 heterocycles. The molecule has 0 radical (unpaired) electrons. The van der Waals surface area contributed by atoms with Gasteiger partial charge in [-0.3, -0.25) is 0 Å². The molecular weight excluding hydrogens is 236 g/mol. The molecule has 0 saturated carbocycles. The summed E-state index contributed by atoms with van der Waals surface area (Å²) < 4.78 is 5.33. The van der Waals surface area contributed by atoms with E-state index < -0.39 is 0 Å². The van der Waals surface area contributed by atoms with Gasteiger partial charge in [-0.15, -0.1) is 11.8 Å². The first-order valence-electron chi connectivity index (χ1n) is 5.61. The number of nitrogens with one attached hydrogen (secondary N) is 2. The lowest BCUT2D eigenvalue weighted by atomic mass is 10.3. The van der Waals surface area contributed by atoms with Crippen molar-refractivity contribution >= 4 is 23.5 Å². The number of urea groups is 1. The van der Waals surface area contributed by atoms with E-state index in [0.717, 1.165) is 30.0 Å². The fourth-order valence-electron chi connectivity index (χ4n) is 1.71. The van der Waals surface area contributed by atoms with Crippen LogP contribution in [-0.4, -0.2) is 25.1 Å². The summed E-state index contributed by atoms with van der Waals surface area (Å²) in [4.78, 5) is 12.8. The Morgan fingerprint density at radius 2 is 2.41 bits per heavy atom. The third-order valence-corrected chi connectivity index (χ3v) is 3.27. The molecule has 1 unspecified atom stereocenters. The Hall–Kier alpha value is -1.20. The van der Waals surface area contributed by atoms with Crippen molar-refractivity contribution in [3.05, 3.63) is 24.3 Å². The van der Waals surface area contributed by atoms with E-state index >= 15 is 0 Å². The molecule has 0 bridgehead atoms. The highest BCUT2D eigenvalue weighted by Gasteiger charge is 2.17. The maximum Gasteiger partial charge on any atom is 0.321 e. The van der Waals surface area contributed by atoms with Crippen molar-refractivity contribution in [1.82, 2.24) is 5.32 Å². The molecule has 17 heavy (non-hydrogen) atoms. The highest BCUT2D eigenvalue weighted by molar-refractivity contribution is 7.98. The van der Waals surface area contributed by atoms with Crippen molar-refractivity contribution < 1.29 is 9.53 Å². The van der Waals surface area contributed by atoms with E-state index in [1.165, 1.54) is 0 Å². The lowest BCUT2D eigenvalue weighted by molar-refractivity contribution is 0.0928. The number of benzene rings is 1. The lowest BCUT2D eigenvalue weighted by Gasteiger charge is -2.13. The number of ether oxygens (including phenoxy) is 1. The Labute approximate surface area is 105 Å². The number of thioether (sulfide) groups is 1. The second-order valence-corrected chi connectivity index (χ2v) is 4.71. The van der Waals surface area contributed by atoms with E-state index in [2.05, 4.69) is 10.6 Å². The fraction of sp³-hybridized carbons (Fsp3) is 0.417. The summed E-state index contributed by atoms with van der Waals surface area (Å²) in [6.07, 6.45) is 3.76. The van der Waals surface area contributed by atoms with Crippen molar-refractivity contribution in [2.24, 2.45) is 0 Å². The summed E-state index contributed by atoms with van der Waals surface area (Å²) in [5.74, 6) is 0. The molecule has 92 valence electrons. The number of amides is 2. The maximum atomic E-state index is 11.7. The molecule has 4 nitrogen and oxygen atoms in total. The van der Waals surface area contributed by atoms with Gasteiger partial charge in [-0.25, -0.2) is 4.79 Å². The van der Waals surface area contributed by atoms with E-state index in [-0.39, 0.29) is 12.3 Å². The largest absolute Gasteiger partial charge is 0.358 e. The smallest absolute Gasteiger partial charge is 0.321 e. The van der Waals surface area contributed by atoms with E-state index in [0.29, 0.717) is 0 Å². The number of carbonyl (C=O) groups excluding carboxylic acids is 1. The van der Waals surface area contributed by atoms with Gasteiger partial charge in [-0.1, -0.05) is 6.07 Å². The van der Waals surface area contributed by atoms with Crippen molar-refractivity contribution in [3.8, 4) is 0 Å². The Bertz CT molecular complexity index is 392. The summed E-state index contributed by atoms with van der Waals surface area (Å²) in [5.41, 5.74) is 0.798. The molecule has 1 aliphatic heterocycles. The van der Waals surface area contributed by atoms with Gasteiger partial charge in [0, 0.05) is 17.2 Å². The van der Waals surface area contributed by atoms with Crippen molar-refractivity contribution in [3.63, 3.8) is 0 Å². The molecule has 1 atom stereocenters. The highest BCUT2D eigenvalue weighted by atomic mass is 32.2. The molecule has 2 N–H and O–H groups in total. The van der Waals surface area contributed by atoms with Crippen molar-refractivity contribution in [2.45, 2.75) is 24.0 Å². The van der Waals surface area contributed by atoms with Crippen LogP contribution in [0.3, 0.4) is 0 Å². The second-order valence-electron chi connectivity index (χ2n) is 3.83. The topological polar surface area (TPSA) is 50.4 Å². The standard InChI is InChI=1S/C12H16N2O2S/c1-17-10-5-2-4-9(8-10)13-12(15)14-11-6-3-7-16-11/h2,4-5,8,11H,3,6-7H2,1H3,(H2,13,14,15). The lowest BCUT2D eigenvalue weighted by Crippen LogP contribution is -2.37. The molecule has 1 aromatic carbocycles. The minimum Gasteiger partial charge on any atom is -0.358 e. The van der Waals surface area contributed by atoms with Gasteiger partial charge in [0.1, 0.15) is 6.23 Å². The van der Waals surface area contributed by atoms with E-state index in [1.54, 1.807) is 11.8 Å². The Morgan fingerprint density at radius 1 is 1.53 bits per heavy atom. The molecule has 2 amide bonds. The molecule has 2 rings (SSSR count). The average Bonchev–Trinajstić information content (AvgIpc) is 2.82. The third-order valence-electron chi connectivity index (χ3n) is 2.55. The van der Waals surface area contributed by atoms with Gasteiger partial charge in [0.25, 0.3) is 0 Å². The van der Waals surface area contributed by atoms with Crippen molar-refractivity contribution in [2.75, 3.05) is 18.2 Å². The van der Waals surface area contributed by atoms with Gasteiger partial charge in [0.2, 0.25) is 0 Å². The first kappa shape index (κ1) is 12.3. The van der Waals surface area contributed by atoms with Crippen molar-refractivity contribution in [1.29, 1.82) is 0 Å². The Morgan fingerprint density at radius 3 is 3.12 bits per heavy atom. The summed E-state index contributed by atoms with van der Waals surface area (Å²) in [5, 5.41) is 5.59. The third kappa shape index (κ3) is 3.64. The summed E-state index contributed by atoms with van der Waals surface area (Å²) in [6, 6.07) is 7.53. The monoisotopic (exact) mass is 252 g/mol. The highest BCUT2D eigenvalue weighted by Crippen LogP contribution is 2.19. The zero-order valence-corrected chi connectivity index (χ0v) is 10.5. The van der Waals surface area contributed by atoms with Crippen LogP contribution in [0.5, 0.6) is 0 Å². The van der Waals surface area contributed by atoms with Crippen LogP contribution in [0.4, 0.5) is 10.5 Å². The second kappa shape index (κ2) is 5.93. The summed E-state index contributed by atoms with van der Waals surface area (Å²) >= 11 is 1.65. The number of anilines is 1. The Balaban J connectivity index is 1.88. The van der Waals surface area contributed by atoms with Gasteiger partial charge in [-0.2, -0.15) is 0 Å². The van der Waals surface area contributed by atoms with Crippen LogP contribution in [0.15, 0.2) is 29.2 Å². The van der Waals surface area contributed by atoms with Crippen LogP contribution >= 0.6 is 11.8 Å². The Kier molecular flexibility index (Phi) is 4.28. The fourth-order valence-corrected chi connectivity index (χ4v) is 2.17. The quantitative estimate of drug-likeness (QED) is 0.813. The van der Waals surface area contributed by atoms with E-state index in [1.807, 2.05) is 30.5 Å². The number of rotatable bonds is 3. The molecule has 0 aromatic heterocycles.